The van der Waals surface area contributed by atoms with Gasteiger partial charge in [-0.1, -0.05) is 32.9 Å². The zero-order valence-electron chi connectivity index (χ0n) is 16.6. The zero-order chi connectivity index (χ0) is 20.7. The van der Waals surface area contributed by atoms with Crippen LogP contribution in [0.5, 0.6) is 0 Å². The van der Waals surface area contributed by atoms with Crippen molar-refractivity contribution in [2.75, 3.05) is 13.2 Å². The SMILES string of the molecule is CCOC(=O)CCC(NS(=O)(=O)c1ccc(C(C)(C)C)cc1)C(=O)OCC. The first-order chi connectivity index (χ1) is 12.5. The van der Waals surface area contributed by atoms with Crippen LogP contribution in [-0.4, -0.2) is 39.6 Å². The molecule has 0 aliphatic rings. The van der Waals surface area contributed by atoms with Crippen LogP contribution in [0.25, 0.3) is 0 Å². The molecule has 0 bridgehead atoms. The van der Waals surface area contributed by atoms with E-state index >= 15 is 0 Å². The Morgan fingerprint density at radius 1 is 1.04 bits per heavy atom. The van der Waals surface area contributed by atoms with Crippen molar-refractivity contribution in [2.24, 2.45) is 0 Å². The van der Waals surface area contributed by atoms with Crippen molar-refractivity contribution >= 4 is 22.0 Å². The fourth-order valence-electron chi connectivity index (χ4n) is 2.35. The first kappa shape index (κ1) is 23.1. The number of ether oxygens (including phenoxy) is 2. The number of benzene rings is 1. The molecule has 27 heavy (non-hydrogen) atoms. The van der Waals surface area contributed by atoms with Gasteiger partial charge in [-0.25, -0.2) is 8.42 Å². The summed E-state index contributed by atoms with van der Waals surface area (Å²) >= 11 is 0. The fourth-order valence-corrected chi connectivity index (χ4v) is 3.57. The second-order valence-corrected chi connectivity index (χ2v) is 8.76. The van der Waals surface area contributed by atoms with Crippen LogP contribution in [0, 0.1) is 0 Å². The van der Waals surface area contributed by atoms with E-state index in [0.29, 0.717) is 0 Å². The lowest BCUT2D eigenvalue weighted by atomic mass is 9.87. The van der Waals surface area contributed by atoms with Gasteiger partial charge in [0.1, 0.15) is 6.04 Å². The average molecular weight is 400 g/mol. The molecule has 0 aromatic heterocycles. The Bertz CT molecular complexity index is 734. The van der Waals surface area contributed by atoms with Gasteiger partial charge in [-0.15, -0.1) is 0 Å². The molecule has 1 atom stereocenters. The smallest absolute Gasteiger partial charge is 0.324 e. The van der Waals surface area contributed by atoms with Crippen LogP contribution in [0.3, 0.4) is 0 Å². The van der Waals surface area contributed by atoms with E-state index in [-0.39, 0.29) is 36.4 Å². The molecule has 8 heteroatoms. The monoisotopic (exact) mass is 399 g/mol. The molecule has 1 aromatic rings. The second-order valence-electron chi connectivity index (χ2n) is 7.04. The largest absolute Gasteiger partial charge is 0.466 e. The minimum absolute atomic E-state index is 0.0425. The van der Waals surface area contributed by atoms with Crippen LogP contribution in [0.2, 0.25) is 0 Å². The standard InChI is InChI=1S/C19H29NO6S/c1-6-25-17(21)13-12-16(18(22)26-7-2)20-27(23,24)15-10-8-14(9-11-15)19(3,4)5/h8-11,16,20H,6-7,12-13H2,1-5H3. The number of rotatable bonds is 9. The number of esters is 2. The normalized spacial score (nSPS) is 13.1. The fraction of sp³-hybridized carbons (Fsp3) is 0.579. The topological polar surface area (TPSA) is 98.8 Å². The summed E-state index contributed by atoms with van der Waals surface area (Å²) in [5.41, 5.74) is 0.883. The Kier molecular flexibility index (Phi) is 8.43. The van der Waals surface area contributed by atoms with Crippen molar-refractivity contribution in [1.82, 2.24) is 4.72 Å². The van der Waals surface area contributed by atoms with Gasteiger partial charge in [0.15, 0.2) is 0 Å². The summed E-state index contributed by atoms with van der Waals surface area (Å²) in [6.45, 7) is 9.71. The maximum atomic E-state index is 12.6. The van der Waals surface area contributed by atoms with Gasteiger partial charge in [0.2, 0.25) is 10.0 Å². The highest BCUT2D eigenvalue weighted by atomic mass is 32.2. The summed E-state index contributed by atoms with van der Waals surface area (Å²) < 4.78 is 37.4. The lowest BCUT2D eigenvalue weighted by Gasteiger charge is -2.20. The lowest BCUT2D eigenvalue weighted by molar-refractivity contribution is -0.146. The van der Waals surface area contributed by atoms with Gasteiger partial charge in [-0.2, -0.15) is 4.72 Å². The molecule has 0 aliphatic carbocycles. The highest BCUT2D eigenvalue weighted by Gasteiger charge is 2.28. The number of sulfonamides is 1. The highest BCUT2D eigenvalue weighted by Crippen LogP contribution is 2.23. The molecule has 0 heterocycles. The van der Waals surface area contributed by atoms with E-state index in [1.54, 1.807) is 26.0 Å². The van der Waals surface area contributed by atoms with E-state index in [1.807, 2.05) is 20.8 Å². The molecule has 0 saturated heterocycles. The third-order valence-corrected chi connectivity index (χ3v) is 5.33. The molecule has 0 saturated carbocycles. The van der Waals surface area contributed by atoms with Crippen LogP contribution in [0.1, 0.15) is 53.0 Å². The number of carbonyl (C=O) groups is 2. The Labute approximate surface area is 161 Å². The summed E-state index contributed by atoms with van der Waals surface area (Å²) in [5, 5.41) is 0. The minimum Gasteiger partial charge on any atom is -0.466 e. The summed E-state index contributed by atoms with van der Waals surface area (Å²) in [4.78, 5) is 23.7. The van der Waals surface area contributed by atoms with Crippen molar-refractivity contribution < 1.29 is 27.5 Å². The minimum atomic E-state index is -3.95. The lowest BCUT2D eigenvalue weighted by Crippen LogP contribution is -2.42. The molecular formula is C19H29NO6S. The van der Waals surface area contributed by atoms with Gasteiger partial charge in [0, 0.05) is 6.42 Å². The third kappa shape index (κ3) is 7.30. The first-order valence-electron chi connectivity index (χ1n) is 8.96. The summed E-state index contributed by atoms with van der Waals surface area (Å²) in [6.07, 6.45) is -0.139. The molecule has 1 N–H and O–H groups in total. The molecule has 1 unspecified atom stereocenters. The summed E-state index contributed by atoms with van der Waals surface area (Å²) in [5.74, 6) is -1.22. The number of hydrogen-bond acceptors (Lipinski definition) is 6. The molecule has 0 fully saturated rings. The zero-order valence-corrected chi connectivity index (χ0v) is 17.4. The Morgan fingerprint density at radius 3 is 2.07 bits per heavy atom. The Hall–Kier alpha value is -1.93. The first-order valence-corrected chi connectivity index (χ1v) is 10.4. The molecule has 0 radical (unpaired) electrons. The van der Waals surface area contributed by atoms with Crippen LogP contribution < -0.4 is 4.72 Å². The van der Waals surface area contributed by atoms with Crippen LogP contribution in [0.15, 0.2) is 29.2 Å². The third-order valence-electron chi connectivity index (χ3n) is 3.84. The van der Waals surface area contributed by atoms with Crippen molar-refractivity contribution in [3.05, 3.63) is 29.8 Å². The number of carbonyl (C=O) groups excluding carboxylic acids is 2. The quantitative estimate of drug-likeness (QED) is 0.641. The van der Waals surface area contributed by atoms with Crippen molar-refractivity contribution in [1.29, 1.82) is 0 Å². The molecule has 152 valence electrons. The van der Waals surface area contributed by atoms with Crippen LogP contribution >= 0.6 is 0 Å². The van der Waals surface area contributed by atoms with Gasteiger partial charge < -0.3 is 9.47 Å². The van der Waals surface area contributed by atoms with Gasteiger partial charge in [0.05, 0.1) is 18.1 Å². The number of hydrogen-bond donors (Lipinski definition) is 1. The van der Waals surface area contributed by atoms with Crippen LogP contribution in [-0.2, 0) is 34.5 Å². The van der Waals surface area contributed by atoms with E-state index in [4.69, 9.17) is 9.47 Å². The summed E-state index contributed by atoms with van der Waals surface area (Å²) in [6, 6.07) is 5.31. The average Bonchev–Trinajstić information content (AvgIpc) is 2.58. The molecule has 7 nitrogen and oxygen atoms in total. The molecule has 1 aromatic carbocycles. The van der Waals surface area contributed by atoms with Gasteiger partial charge in [-0.05, 0) is 43.4 Å². The van der Waals surface area contributed by atoms with Gasteiger partial charge >= 0.3 is 11.9 Å². The highest BCUT2D eigenvalue weighted by molar-refractivity contribution is 7.89. The predicted molar refractivity (Wildman–Crippen MR) is 102 cm³/mol. The maximum absolute atomic E-state index is 12.6. The molecular weight excluding hydrogens is 370 g/mol. The Balaban J connectivity index is 2.96. The summed E-state index contributed by atoms with van der Waals surface area (Å²) in [7, 11) is -3.95. The number of nitrogens with one attached hydrogen (secondary N) is 1. The second kappa shape index (κ2) is 9.85. The molecule has 1 rings (SSSR count). The van der Waals surface area contributed by atoms with E-state index < -0.39 is 28.0 Å². The predicted octanol–water partition coefficient (Wildman–Crippen LogP) is 2.54. The maximum Gasteiger partial charge on any atom is 0.324 e. The van der Waals surface area contributed by atoms with Crippen molar-refractivity contribution in [2.45, 2.75) is 63.8 Å². The van der Waals surface area contributed by atoms with E-state index in [2.05, 4.69) is 4.72 Å². The van der Waals surface area contributed by atoms with Gasteiger partial charge in [-0.3, -0.25) is 9.59 Å². The van der Waals surface area contributed by atoms with Gasteiger partial charge in [0.25, 0.3) is 0 Å². The van der Waals surface area contributed by atoms with E-state index in [1.165, 1.54) is 12.1 Å². The van der Waals surface area contributed by atoms with E-state index in [0.717, 1.165) is 5.56 Å². The van der Waals surface area contributed by atoms with E-state index in [9.17, 15) is 18.0 Å². The Morgan fingerprint density at radius 2 is 1.59 bits per heavy atom. The van der Waals surface area contributed by atoms with Crippen molar-refractivity contribution in [3.63, 3.8) is 0 Å². The van der Waals surface area contributed by atoms with Crippen molar-refractivity contribution in [3.8, 4) is 0 Å². The molecule has 0 aliphatic heterocycles. The van der Waals surface area contributed by atoms with Crippen LogP contribution in [0.4, 0.5) is 0 Å². The molecule has 0 spiro atoms. The molecule has 0 amide bonds.